The van der Waals surface area contributed by atoms with E-state index in [0.29, 0.717) is 29.2 Å². The molecule has 0 saturated carbocycles. The van der Waals surface area contributed by atoms with Gasteiger partial charge in [0.2, 0.25) is 5.91 Å². The maximum Gasteiger partial charge on any atom is 0.237 e. The Kier molecular flexibility index (Phi) is 9.34. The Morgan fingerprint density at radius 3 is 2.43 bits per heavy atom. The van der Waals surface area contributed by atoms with Gasteiger partial charge in [-0.15, -0.1) is 0 Å². The molecule has 2 N–H and O–H groups in total. The Morgan fingerprint density at radius 1 is 1.03 bits per heavy atom. The van der Waals surface area contributed by atoms with Crippen LogP contribution in [0.2, 0.25) is 5.02 Å². The average molecular weight is 501 g/mol. The number of amides is 1. The molecule has 186 valence electrons. The Hall–Kier alpha value is -3.29. The normalized spacial score (nSPS) is 12.5. The predicted molar refractivity (Wildman–Crippen MR) is 135 cm³/mol. The molecule has 3 aromatic carbocycles. The lowest BCUT2D eigenvalue weighted by atomic mass is 10.0. The molecular formula is C27H30ClFN2O4. The lowest BCUT2D eigenvalue weighted by Gasteiger charge is -2.24. The maximum absolute atomic E-state index is 15.4. The first kappa shape index (κ1) is 26.3. The van der Waals surface area contributed by atoms with Crippen LogP contribution in [-0.2, 0) is 11.3 Å². The van der Waals surface area contributed by atoms with E-state index in [4.69, 9.17) is 25.8 Å². The summed E-state index contributed by atoms with van der Waals surface area (Å²) >= 11 is 6.23. The largest absolute Gasteiger partial charge is 0.497 e. The van der Waals surface area contributed by atoms with Gasteiger partial charge in [0, 0.05) is 29.8 Å². The van der Waals surface area contributed by atoms with E-state index in [0.717, 1.165) is 5.56 Å². The highest BCUT2D eigenvalue weighted by molar-refractivity contribution is 6.32. The van der Waals surface area contributed by atoms with Crippen LogP contribution in [0.3, 0.4) is 0 Å². The van der Waals surface area contributed by atoms with Crippen molar-refractivity contribution < 1.29 is 23.4 Å². The summed E-state index contributed by atoms with van der Waals surface area (Å²) in [6.45, 7) is 3.92. The standard InChI is InChI=1S/C27H30ClFN2O4/c1-5-23(21-13-14-22(28)26(25(21)29)35-19-9-7-6-8-10-19)31-17(2)27(32)30-16-18-11-12-20(33-3)15-24(18)34-4/h6-15,17,23,31H,5,16H2,1-4H3,(H,30,32)/t17?,23-/m1/s1. The molecule has 35 heavy (non-hydrogen) atoms. The molecule has 6 nitrogen and oxygen atoms in total. The maximum atomic E-state index is 15.4. The quantitative estimate of drug-likeness (QED) is 0.336. The number of carbonyl (C=O) groups is 1. The van der Waals surface area contributed by atoms with Gasteiger partial charge in [0.25, 0.3) is 0 Å². The Labute approximate surface area is 210 Å². The predicted octanol–water partition coefficient (Wildman–Crippen LogP) is 6.03. The smallest absolute Gasteiger partial charge is 0.237 e. The number of carbonyl (C=O) groups excluding carboxylic acids is 1. The van der Waals surface area contributed by atoms with Crippen molar-refractivity contribution in [1.29, 1.82) is 0 Å². The number of methoxy groups -OCH3 is 2. The molecule has 1 unspecified atom stereocenters. The minimum Gasteiger partial charge on any atom is -0.497 e. The van der Waals surface area contributed by atoms with E-state index >= 15 is 4.39 Å². The van der Waals surface area contributed by atoms with E-state index in [1.165, 1.54) is 0 Å². The summed E-state index contributed by atoms with van der Waals surface area (Å²) in [7, 11) is 3.14. The van der Waals surface area contributed by atoms with E-state index in [1.54, 1.807) is 69.7 Å². The zero-order valence-corrected chi connectivity index (χ0v) is 21.0. The minimum absolute atomic E-state index is 0.0423. The highest BCUT2D eigenvalue weighted by Crippen LogP contribution is 2.36. The SMILES string of the molecule is CC[C@@H](NC(C)C(=O)NCc1ccc(OC)cc1OC)c1ccc(Cl)c(Oc2ccccc2)c1F. The molecule has 1 amide bonds. The number of para-hydroxylation sites is 1. The zero-order chi connectivity index (χ0) is 25.4. The molecule has 3 rings (SSSR count). The van der Waals surface area contributed by atoms with Crippen LogP contribution in [-0.4, -0.2) is 26.2 Å². The van der Waals surface area contributed by atoms with Crippen LogP contribution < -0.4 is 24.8 Å². The molecule has 0 aromatic heterocycles. The summed E-state index contributed by atoms with van der Waals surface area (Å²) in [6, 6.07) is 16.5. The second-order valence-electron chi connectivity index (χ2n) is 7.94. The fourth-order valence-electron chi connectivity index (χ4n) is 3.66. The number of hydrogen-bond acceptors (Lipinski definition) is 5. The number of hydrogen-bond donors (Lipinski definition) is 2. The van der Waals surface area contributed by atoms with Crippen LogP contribution in [0.4, 0.5) is 4.39 Å². The Morgan fingerprint density at radius 2 is 1.77 bits per heavy atom. The molecule has 0 aliphatic rings. The highest BCUT2D eigenvalue weighted by Gasteiger charge is 2.24. The third-order valence-corrected chi connectivity index (χ3v) is 5.92. The third-order valence-electron chi connectivity index (χ3n) is 5.62. The van der Waals surface area contributed by atoms with Crippen molar-refractivity contribution in [2.24, 2.45) is 0 Å². The Balaban J connectivity index is 1.70. The van der Waals surface area contributed by atoms with E-state index < -0.39 is 17.9 Å². The monoisotopic (exact) mass is 500 g/mol. The van der Waals surface area contributed by atoms with Crippen LogP contribution in [0.5, 0.6) is 23.0 Å². The van der Waals surface area contributed by atoms with Crippen molar-refractivity contribution in [2.75, 3.05) is 14.2 Å². The first-order chi connectivity index (χ1) is 16.9. The molecule has 8 heteroatoms. The van der Waals surface area contributed by atoms with Gasteiger partial charge in [-0.2, -0.15) is 0 Å². The van der Waals surface area contributed by atoms with Crippen LogP contribution in [0.15, 0.2) is 60.7 Å². The summed E-state index contributed by atoms with van der Waals surface area (Å²) in [5.41, 5.74) is 1.19. The van der Waals surface area contributed by atoms with Gasteiger partial charge in [-0.3, -0.25) is 10.1 Å². The van der Waals surface area contributed by atoms with Gasteiger partial charge in [0.1, 0.15) is 17.2 Å². The second kappa shape index (κ2) is 12.4. The van der Waals surface area contributed by atoms with Crippen LogP contribution in [0.1, 0.15) is 37.4 Å². The van der Waals surface area contributed by atoms with Gasteiger partial charge in [-0.1, -0.05) is 42.8 Å². The minimum atomic E-state index is -0.585. The molecule has 0 saturated heterocycles. The number of nitrogens with one attached hydrogen (secondary N) is 2. The number of halogens is 2. The van der Waals surface area contributed by atoms with Crippen molar-refractivity contribution in [3.8, 4) is 23.0 Å². The lowest BCUT2D eigenvalue weighted by molar-refractivity contribution is -0.123. The molecule has 0 aliphatic heterocycles. The molecule has 0 spiro atoms. The van der Waals surface area contributed by atoms with Crippen LogP contribution >= 0.6 is 11.6 Å². The van der Waals surface area contributed by atoms with Gasteiger partial charge in [0.15, 0.2) is 11.6 Å². The van der Waals surface area contributed by atoms with Crippen molar-refractivity contribution >= 4 is 17.5 Å². The molecule has 0 heterocycles. The van der Waals surface area contributed by atoms with Crippen molar-refractivity contribution in [3.05, 3.63) is 82.6 Å². The van der Waals surface area contributed by atoms with E-state index in [-0.39, 0.29) is 23.2 Å². The molecule has 0 bridgehead atoms. The van der Waals surface area contributed by atoms with Crippen molar-refractivity contribution in [3.63, 3.8) is 0 Å². The Bertz CT molecular complexity index is 1140. The molecular weight excluding hydrogens is 471 g/mol. The molecule has 0 fully saturated rings. The number of ether oxygens (including phenoxy) is 3. The van der Waals surface area contributed by atoms with E-state index in [9.17, 15) is 4.79 Å². The van der Waals surface area contributed by atoms with E-state index in [2.05, 4.69) is 10.6 Å². The van der Waals surface area contributed by atoms with E-state index in [1.807, 2.05) is 19.1 Å². The fraction of sp³-hybridized carbons (Fsp3) is 0.296. The van der Waals surface area contributed by atoms with Gasteiger partial charge in [-0.25, -0.2) is 4.39 Å². The number of benzene rings is 3. The van der Waals surface area contributed by atoms with Gasteiger partial charge in [-0.05, 0) is 43.7 Å². The van der Waals surface area contributed by atoms with Gasteiger partial charge in [0.05, 0.1) is 25.3 Å². The zero-order valence-electron chi connectivity index (χ0n) is 20.2. The molecule has 0 radical (unpaired) electrons. The number of rotatable bonds is 11. The molecule has 2 atom stereocenters. The lowest BCUT2D eigenvalue weighted by Crippen LogP contribution is -2.43. The summed E-state index contributed by atoms with van der Waals surface area (Å²) in [5, 5.41) is 6.28. The van der Waals surface area contributed by atoms with Crippen molar-refractivity contribution in [1.82, 2.24) is 10.6 Å². The summed E-state index contributed by atoms with van der Waals surface area (Å²) in [6.07, 6.45) is 0.549. The first-order valence-corrected chi connectivity index (χ1v) is 11.7. The fourth-order valence-corrected chi connectivity index (χ4v) is 3.84. The molecule has 0 aliphatic carbocycles. The first-order valence-electron chi connectivity index (χ1n) is 11.3. The topological polar surface area (TPSA) is 68.8 Å². The highest BCUT2D eigenvalue weighted by atomic mass is 35.5. The molecule has 3 aromatic rings. The van der Waals surface area contributed by atoms with Crippen LogP contribution in [0.25, 0.3) is 0 Å². The summed E-state index contributed by atoms with van der Waals surface area (Å²) in [4.78, 5) is 12.8. The average Bonchev–Trinajstić information content (AvgIpc) is 2.88. The van der Waals surface area contributed by atoms with Gasteiger partial charge >= 0.3 is 0 Å². The van der Waals surface area contributed by atoms with Crippen molar-refractivity contribution in [2.45, 2.75) is 38.9 Å². The van der Waals surface area contributed by atoms with Crippen LogP contribution in [0, 0.1) is 5.82 Å². The summed E-state index contributed by atoms with van der Waals surface area (Å²) < 4.78 is 31.8. The second-order valence-corrected chi connectivity index (χ2v) is 8.35. The van der Waals surface area contributed by atoms with Gasteiger partial charge < -0.3 is 19.5 Å². The third kappa shape index (κ3) is 6.65. The summed E-state index contributed by atoms with van der Waals surface area (Å²) in [5.74, 6) is 0.935.